The van der Waals surface area contributed by atoms with Gasteiger partial charge in [-0.2, -0.15) is 5.10 Å². The van der Waals surface area contributed by atoms with Crippen LogP contribution in [0.3, 0.4) is 0 Å². The molecule has 0 aliphatic carbocycles. The maximum absolute atomic E-state index is 13.5. The first-order valence-corrected chi connectivity index (χ1v) is 13.9. The Hall–Kier alpha value is -3.59. The highest BCUT2D eigenvalue weighted by molar-refractivity contribution is 7.92. The molecular formula is C28H26Cl2N4O3S. The van der Waals surface area contributed by atoms with Crippen molar-refractivity contribution in [2.75, 3.05) is 10.8 Å². The minimum Gasteiger partial charge on any atom is -0.316 e. The molecule has 0 spiro atoms. The number of nitrogens with zero attached hydrogens (tertiary/aromatic N) is 3. The van der Waals surface area contributed by atoms with Crippen molar-refractivity contribution in [3.8, 4) is 5.69 Å². The second-order valence-electron chi connectivity index (χ2n) is 8.66. The van der Waals surface area contributed by atoms with E-state index in [9.17, 15) is 13.2 Å². The van der Waals surface area contributed by atoms with Crippen LogP contribution in [0, 0.1) is 20.8 Å². The molecule has 3 aromatic carbocycles. The molecule has 0 bridgehead atoms. The van der Waals surface area contributed by atoms with Crippen LogP contribution in [0.15, 0.2) is 88.9 Å². The number of aryl methyl sites for hydroxylation is 2. The van der Waals surface area contributed by atoms with E-state index in [4.69, 9.17) is 23.2 Å². The van der Waals surface area contributed by atoms with E-state index in [1.807, 2.05) is 48.7 Å². The Bertz CT molecular complexity index is 1620. The van der Waals surface area contributed by atoms with Gasteiger partial charge in [0.15, 0.2) is 0 Å². The van der Waals surface area contributed by atoms with E-state index in [1.54, 1.807) is 37.3 Å². The summed E-state index contributed by atoms with van der Waals surface area (Å²) in [5.41, 5.74) is 6.86. The van der Waals surface area contributed by atoms with Crippen molar-refractivity contribution in [2.45, 2.75) is 25.7 Å². The Morgan fingerprint density at radius 1 is 0.974 bits per heavy atom. The molecule has 196 valence electrons. The molecule has 1 N–H and O–H groups in total. The average Bonchev–Trinajstić information content (AvgIpc) is 3.17. The van der Waals surface area contributed by atoms with Crippen molar-refractivity contribution in [3.63, 3.8) is 0 Å². The van der Waals surface area contributed by atoms with Crippen molar-refractivity contribution >= 4 is 51.0 Å². The smallest absolute Gasteiger partial charge is 0.264 e. The van der Waals surface area contributed by atoms with Crippen molar-refractivity contribution in [2.24, 2.45) is 5.10 Å². The third-order valence-electron chi connectivity index (χ3n) is 6.01. The number of para-hydroxylation sites is 1. The maximum atomic E-state index is 13.5. The van der Waals surface area contributed by atoms with Gasteiger partial charge in [-0.15, -0.1) is 0 Å². The molecule has 10 heteroatoms. The van der Waals surface area contributed by atoms with Crippen LogP contribution in [-0.2, 0) is 14.8 Å². The van der Waals surface area contributed by atoms with Gasteiger partial charge >= 0.3 is 0 Å². The summed E-state index contributed by atoms with van der Waals surface area (Å²) >= 11 is 12.6. The van der Waals surface area contributed by atoms with Crippen LogP contribution < -0.4 is 9.73 Å². The number of sulfonamides is 1. The molecule has 0 radical (unpaired) electrons. The number of hydrazone groups is 1. The monoisotopic (exact) mass is 568 g/mol. The molecule has 0 saturated carbocycles. The number of amides is 1. The molecule has 1 heterocycles. The van der Waals surface area contributed by atoms with Crippen LogP contribution in [0.1, 0.15) is 22.5 Å². The number of carbonyl (C=O) groups is 1. The van der Waals surface area contributed by atoms with Gasteiger partial charge < -0.3 is 4.57 Å². The molecule has 0 unspecified atom stereocenters. The molecule has 4 rings (SSSR count). The fraction of sp³-hybridized carbons (Fsp3) is 0.143. The first-order valence-electron chi connectivity index (χ1n) is 11.7. The second kappa shape index (κ2) is 11.4. The predicted molar refractivity (Wildman–Crippen MR) is 153 cm³/mol. The van der Waals surface area contributed by atoms with Crippen molar-refractivity contribution in [3.05, 3.63) is 111 Å². The van der Waals surface area contributed by atoms with Gasteiger partial charge in [-0.1, -0.05) is 59.6 Å². The number of anilines is 1. The molecule has 0 fully saturated rings. The van der Waals surface area contributed by atoms with Gasteiger partial charge in [-0.25, -0.2) is 13.8 Å². The van der Waals surface area contributed by atoms with E-state index in [-0.39, 0.29) is 4.90 Å². The van der Waals surface area contributed by atoms with Crippen LogP contribution in [0.4, 0.5) is 5.69 Å². The molecule has 1 amide bonds. The van der Waals surface area contributed by atoms with Crippen LogP contribution in [0.2, 0.25) is 10.0 Å². The Morgan fingerprint density at radius 3 is 2.37 bits per heavy atom. The number of hydrogen-bond acceptors (Lipinski definition) is 4. The summed E-state index contributed by atoms with van der Waals surface area (Å²) in [6.07, 6.45) is 1.52. The Labute approximate surface area is 232 Å². The van der Waals surface area contributed by atoms with Gasteiger partial charge in [0.1, 0.15) is 6.54 Å². The van der Waals surface area contributed by atoms with E-state index in [2.05, 4.69) is 10.5 Å². The van der Waals surface area contributed by atoms with E-state index in [1.165, 1.54) is 24.4 Å². The van der Waals surface area contributed by atoms with E-state index >= 15 is 0 Å². The Kier molecular flexibility index (Phi) is 8.26. The molecule has 1 aromatic heterocycles. The van der Waals surface area contributed by atoms with E-state index in [0.717, 1.165) is 26.9 Å². The quantitative estimate of drug-likeness (QED) is 0.207. The summed E-state index contributed by atoms with van der Waals surface area (Å²) in [6.45, 7) is 5.14. The maximum Gasteiger partial charge on any atom is 0.264 e. The largest absolute Gasteiger partial charge is 0.316 e. The number of benzene rings is 3. The Morgan fingerprint density at radius 2 is 1.66 bits per heavy atom. The highest BCUT2D eigenvalue weighted by atomic mass is 35.5. The third kappa shape index (κ3) is 5.78. The molecule has 0 aliphatic rings. The second-order valence-corrected chi connectivity index (χ2v) is 11.4. The topological polar surface area (TPSA) is 83.8 Å². The lowest BCUT2D eigenvalue weighted by Crippen LogP contribution is -2.40. The SMILES string of the molecule is Cc1ccc(Cl)cc1N(CC(=O)N/N=C\c1cc(C)n(-c2ccccc2Cl)c1C)S(=O)(=O)c1ccccc1. The number of aromatic nitrogens is 1. The molecule has 4 aromatic rings. The van der Waals surface area contributed by atoms with Crippen molar-refractivity contribution < 1.29 is 13.2 Å². The normalized spacial score (nSPS) is 11.6. The van der Waals surface area contributed by atoms with Crippen LogP contribution >= 0.6 is 23.2 Å². The molecular weight excluding hydrogens is 543 g/mol. The summed E-state index contributed by atoms with van der Waals surface area (Å²) in [5.74, 6) is -0.611. The number of nitrogens with one attached hydrogen (secondary N) is 1. The highest BCUT2D eigenvalue weighted by Gasteiger charge is 2.28. The molecule has 7 nitrogen and oxygen atoms in total. The molecule has 0 aliphatic heterocycles. The highest BCUT2D eigenvalue weighted by Crippen LogP contribution is 2.29. The zero-order valence-corrected chi connectivity index (χ0v) is 23.3. The van der Waals surface area contributed by atoms with Gasteiger partial charge in [0.25, 0.3) is 15.9 Å². The van der Waals surface area contributed by atoms with Gasteiger partial charge in [-0.3, -0.25) is 9.10 Å². The van der Waals surface area contributed by atoms with Crippen LogP contribution in [-0.4, -0.2) is 31.7 Å². The molecule has 0 atom stereocenters. The van der Waals surface area contributed by atoms with Crippen molar-refractivity contribution in [1.29, 1.82) is 0 Å². The number of halogens is 2. The van der Waals surface area contributed by atoms with E-state index < -0.39 is 22.5 Å². The Balaban J connectivity index is 1.58. The fourth-order valence-electron chi connectivity index (χ4n) is 4.13. The van der Waals surface area contributed by atoms with Crippen LogP contribution in [0.25, 0.3) is 5.69 Å². The minimum absolute atomic E-state index is 0.0580. The van der Waals surface area contributed by atoms with Crippen LogP contribution in [0.5, 0.6) is 0 Å². The van der Waals surface area contributed by atoms with Crippen molar-refractivity contribution in [1.82, 2.24) is 9.99 Å². The lowest BCUT2D eigenvalue weighted by molar-refractivity contribution is -0.119. The van der Waals surface area contributed by atoms with Gasteiger partial charge in [0.05, 0.1) is 27.5 Å². The van der Waals surface area contributed by atoms with Gasteiger partial charge in [0, 0.05) is 22.0 Å². The number of hydrogen-bond donors (Lipinski definition) is 1. The third-order valence-corrected chi connectivity index (χ3v) is 8.34. The molecule has 38 heavy (non-hydrogen) atoms. The zero-order chi connectivity index (χ0) is 27.4. The van der Waals surface area contributed by atoms with Gasteiger partial charge in [0.2, 0.25) is 0 Å². The first-order chi connectivity index (χ1) is 18.1. The number of rotatable bonds is 8. The first kappa shape index (κ1) is 27.4. The predicted octanol–water partition coefficient (Wildman–Crippen LogP) is 6.05. The lowest BCUT2D eigenvalue weighted by atomic mass is 10.2. The number of carbonyl (C=O) groups excluding carboxylic acids is 1. The summed E-state index contributed by atoms with van der Waals surface area (Å²) in [5, 5.41) is 5.06. The van der Waals surface area contributed by atoms with Gasteiger partial charge in [-0.05, 0) is 68.8 Å². The average molecular weight is 570 g/mol. The summed E-state index contributed by atoms with van der Waals surface area (Å²) in [6, 6.07) is 22.3. The van der Waals surface area contributed by atoms with E-state index in [0.29, 0.717) is 21.3 Å². The standard InChI is InChI=1S/C28H26Cl2N4O3S/c1-19-13-14-23(29)16-27(19)33(38(36,37)24-9-5-4-6-10-24)18-28(35)32-31-17-22-15-20(2)34(21(22)3)26-12-8-7-11-25(26)30/h4-17H,18H2,1-3H3,(H,32,35)/b31-17-. The summed E-state index contributed by atoms with van der Waals surface area (Å²) < 4.78 is 30.1. The summed E-state index contributed by atoms with van der Waals surface area (Å²) in [4.78, 5) is 13.0. The zero-order valence-electron chi connectivity index (χ0n) is 21.0. The lowest BCUT2D eigenvalue weighted by Gasteiger charge is -2.25. The fourth-order valence-corrected chi connectivity index (χ4v) is 6.02. The summed E-state index contributed by atoms with van der Waals surface area (Å²) in [7, 11) is -4.06. The molecule has 0 saturated heterocycles. The minimum atomic E-state index is -4.06.